The maximum Gasteiger partial charge on any atom is 0.253 e. The Morgan fingerprint density at radius 3 is 2.85 bits per heavy atom. The fraction of sp³-hybridized carbons (Fsp3) is 0.385. The second-order valence-electron chi connectivity index (χ2n) is 8.90. The highest BCUT2D eigenvalue weighted by Gasteiger charge is 2.19. The molecule has 0 aliphatic carbocycles. The van der Waals surface area contributed by atoms with E-state index >= 15 is 0 Å². The molecule has 2 aliphatic rings. The zero-order valence-corrected chi connectivity index (χ0v) is 20.1. The lowest BCUT2D eigenvalue weighted by Crippen LogP contribution is -2.43. The molecular weight excluding hydrogens is 450 g/mol. The number of ether oxygens (including phenoxy) is 3. The van der Waals surface area contributed by atoms with Gasteiger partial charge in [-0.05, 0) is 56.1 Å². The van der Waals surface area contributed by atoms with Gasteiger partial charge in [-0.2, -0.15) is 0 Å². The molecule has 34 heavy (non-hydrogen) atoms. The van der Waals surface area contributed by atoms with E-state index in [9.17, 15) is 4.79 Å². The van der Waals surface area contributed by atoms with E-state index in [1.165, 1.54) is 11.1 Å². The molecular formula is C26H29N3O4S. The number of aromatic amines is 1. The number of nitrogens with one attached hydrogen (secondary N) is 2. The number of pyridine rings is 1. The Kier molecular flexibility index (Phi) is 6.69. The van der Waals surface area contributed by atoms with Crippen LogP contribution in [0.3, 0.4) is 0 Å². The van der Waals surface area contributed by atoms with Crippen LogP contribution in [-0.4, -0.2) is 47.6 Å². The predicted octanol–water partition coefficient (Wildman–Crippen LogP) is 3.66. The van der Waals surface area contributed by atoms with Crippen LogP contribution in [-0.2, 0) is 17.7 Å². The van der Waals surface area contributed by atoms with E-state index in [1.807, 2.05) is 18.2 Å². The zero-order chi connectivity index (χ0) is 23.5. The number of rotatable bonds is 7. The molecule has 5 rings (SSSR count). The van der Waals surface area contributed by atoms with E-state index in [-0.39, 0.29) is 18.5 Å². The van der Waals surface area contributed by atoms with E-state index in [0.29, 0.717) is 41.8 Å². The number of benzene rings is 2. The van der Waals surface area contributed by atoms with E-state index < -0.39 is 0 Å². The molecule has 3 heterocycles. The van der Waals surface area contributed by atoms with Gasteiger partial charge in [0, 0.05) is 36.7 Å². The molecule has 7 nitrogen and oxygen atoms in total. The van der Waals surface area contributed by atoms with Gasteiger partial charge in [0.25, 0.3) is 5.56 Å². The minimum absolute atomic E-state index is 0.131. The summed E-state index contributed by atoms with van der Waals surface area (Å²) in [6.07, 6.45) is 3.14. The Morgan fingerprint density at radius 2 is 2.06 bits per heavy atom. The molecule has 0 saturated carbocycles. The molecule has 2 aliphatic heterocycles. The third-order valence-electron chi connectivity index (χ3n) is 6.32. The highest BCUT2D eigenvalue weighted by Crippen LogP contribution is 2.35. The highest BCUT2D eigenvalue weighted by molar-refractivity contribution is 7.80. The summed E-state index contributed by atoms with van der Waals surface area (Å²) in [5.74, 6) is 1.34. The molecule has 1 aromatic heterocycles. The average Bonchev–Trinajstić information content (AvgIpc) is 3.51. The fourth-order valence-corrected chi connectivity index (χ4v) is 4.71. The first-order valence-corrected chi connectivity index (χ1v) is 12.1. The lowest BCUT2D eigenvalue weighted by molar-refractivity contribution is 0.113. The van der Waals surface area contributed by atoms with Crippen molar-refractivity contribution in [2.75, 3.05) is 26.5 Å². The second-order valence-corrected chi connectivity index (χ2v) is 9.28. The third-order valence-corrected chi connectivity index (χ3v) is 6.72. The number of hydrogen-bond acceptors (Lipinski definition) is 5. The number of thiocarbonyl (C=S) groups is 1. The molecule has 178 valence electrons. The summed E-state index contributed by atoms with van der Waals surface area (Å²) in [7, 11) is 0. The van der Waals surface area contributed by atoms with Crippen molar-refractivity contribution in [3.05, 3.63) is 69.5 Å². The standard InChI is InChI=1S/C26H29N3O4S/c1-17-4-2-5-18(10-17)7-8-29(26(34)27-14-21-6-3-9-31-21)15-20-11-19-12-23-24(33-16-32-23)13-22(19)28-25(20)30/h2,4-5,10-13,21H,3,6-9,14-16H2,1H3,(H,27,34)(H,28,30)/t21-/m0/s1. The van der Waals surface area contributed by atoms with E-state index in [2.05, 4.69) is 46.4 Å². The van der Waals surface area contributed by atoms with Crippen molar-refractivity contribution in [3.8, 4) is 11.5 Å². The molecule has 1 saturated heterocycles. The number of aryl methyl sites for hydroxylation is 1. The topological polar surface area (TPSA) is 75.8 Å². The quantitative estimate of drug-likeness (QED) is 0.501. The van der Waals surface area contributed by atoms with Crippen LogP contribution in [0, 0.1) is 6.92 Å². The summed E-state index contributed by atoms with van der Waals surface area (Å²) in [4.78, 5) is 18.0. The van der Waals surface area contributed by atoms with Crippen molar-refractivity contribution in [3.63, 3.8) is 0 Å². The van der Waals surface area contributed by atoms with Gasteiger partial charge in [-0.15, -0.1) is 0 Å². The summed E-state index contributed by atoms with van der Waals surface area (Å²) < 4.78 is 16.7. The molecule has 0 bridgehead atoms. The molecule has 2 aromatic carbocycles. The monoisotopic (exact) mass is 479 g/mol. The lowest BCUT2D eigenvalue weighted by atomic mass is 10.1. The lowest BCUT2D eigenvalue weighted by Gasteiger charge is -2.27. The van der Waals surface area contributed by atoms with Gasteiger partial charge in [0.15, 0.2) is 16.6 Å². The van der Waals surface area contributed by atoms with Crippen LogP contribution in [0.25, 0.3) is 10.9 Å². The normalized spacial score (nSPS) is 16.7. The van der Waals surface area contributed by atoms with Gasteiger partial charge in [-0.25, -0.2) is 0 Å². The second kappa shape index (κ2) is 10.0. The summed E-state index contributed by atoms with van der Waals surface area (Å²) >= 11 is 5.76. The van der Waals surface area contributed by atoms with Gasteiger partial charge in [-0.1, -0.05) is 29.8 Å². The maximum absolute atomic E-state index is 12.9. The van der Waals surface area contributed by atoms with Gasteiger partial charge in [0.2, 0.25) is 6.79 Å². The van der Waals surface area contributed by atoms with Crippen molar-refractivity contribution in [2.45, 2.75) is 38.8 Å². The summed E-state index contributed by atoms with van der Waals surface area (Å²) in [6.45, 7) is 4.87. The molecule has 0 unspecified atom stereocenters. The molecule has 0 amide bonds. The Morgan fingerprint density at radius 1 is 1.21 bits per heavy atom. The molecule has 0 radical (unpaired) electrons. The van der Waals surface area contributed by atoms with E-state index in [1.54, 1.807) is 0 Å². The van der Waals surface area contributed by atoms with Gasteiger partial charge in [0.1, 0.15) is 0 Å². The SMILES string of the molecule is Cc1cccc(CCN(Cc2cc3cc4c(cc3[nH]c2=O)OCO4)C(=S)NC[C@@H]2CCCO2)c1. The first-order chi connectivity index (χ1) is 16.5. The minimum atomic E-state index is -0.131. The van der Waals surface area contributed by atoms with Crippen LogP contribution in [0.4, 0.5) is 0 Å². The highest BCUT2D eigenvalue weighted by atomic mass is 32.1. The van der Waals surface area contributed by atoms with Crippen molar-refractivity contribution in [1.29, 1.82) is 0 Å². The van der Waals surface area contributed by atoms with Gasteiger partial charge in [-0.3, -0.25) is 4.79 Å². The number of fused-ring (bicyclic) bond motifs is 2. The Bertz CT molecular complexity index is 1250. The van der Waals surface area contributed by atoms with Gasteiger partial charge in [0.05, 0.1) is 18.2 Å². The van der Waals surface area contributed by atoms with Crippen LogP contribution in [0.15, 0.2) is 47.3 Å². The van der Waals surface area contributed by atoms with Crippen molar-refractivity contribution >= 4 is 28.2 Å². The van der Waals surface area contributed by atoms with Crippen LogP contribution in [0.5, 0.6) is 11.5 Å². The predicted molar refractivity (Wildman–Crippen MR) is 136 cm³/mol. The van der Waals surface area contributed by atoms with Crippen LogP contribution in [0.1, 0.15) is 29.5 Å². The smallest absolute Gasteiger partial charge is 0.253 e. The van der Waals surface area contributed by atoms with Crippen molar-refractivity contribution in [2.24, 2.45) is 0 Å². The largest absolute Gasteiger partial charge is 0.454 e. The number of nitrogens with zero attached hydrogens (tertiary/aromatic N) is 1. The number of aromatic nitrogens is 1. The Hall–Kier alpha value is -3.10. The molecule has 3 aromatic rings. The van der Waals surface area contributed by atoms with Crippen molar-refractivity contribution < 1.29 is 14.2 Å². The van der Waals surface area contributed by atoms with Crippen LogP contribution in [0.2, 0.25) is 0 Å². The minimum Gasteiger partial charge on any atom is -0.454 e. The first-order valence-electron chi connectivity index (χ1n) is 11.7. The first kappa shape index (κ1) is 22.7. The third kappa shape index (κ3) is 5.18. The van der Waals surface area contributed by atoms with Gasteiger partial charge < -0.3 is 29.4 Å². The summed E-state index contributed by atoms with van der Waals surface area (Å²) in [5, 5.41) is 4.90. The molecule has 1 fully saturated rings. The fourth-order valence-electron chi connectivity index (χ4n) is 4.47. The molecule has 0 spiro atoms. The van der Waals surface area contributed by atoms with Crippen LogP contribution >= 0.6 is 12.2 Å². The number of H-pyrrole nitrogens is 1. The molecule has 2 N–H and O–H groups in total. The average molecular weight is 480 g/mol. The van der Waals surface area contributed by atoms with Crippen molar-refractivity contribution in [1.82, 2.24) is 15.2 Å². The van der Waals surface area contributed by atoms with Crippen LogP contribution < -0.4 is 20.3 Å². The Balaban J connectivity index is 1.36. The zero-order valence-electron chi connectivity index (χ0n) is 19.3. The van der Waals surface area contributed by atoms with Gasteiger partial charge >= 0.3 is 0 Å². The maximum atomic E-state index is 12.9. The Labute approximate surface area is 204 Å². The molecule has 1 atom stereocenters. The summed E-state index contributed by atoms with van der Waals surface area (Å²) in [6, 6.07) is 14.1. The summed E-state index contributed by atoms with van der Waals surface area (Å²) in [5.41, 5.74) is 3.72. The number of hydrogen-bond donors (Lipinski definition) is 2. The van der Waals surface area contributed by atoms with E-state index in [4.69, 9.17) is 26.4 Å². The van der Waals surface area contributed by atoms with E-state index in [0.717, 1.165) is 36.8 Å². The molecule has 8 heteroatoms.